The molecule has 1 N–H and O–H groups in total. The zero-order chi connectivity index (χ0) is 22.7. The second-order valence-corrected chi connectivity index (χ2v) is 9.07. The summed E-state index contributed by atoms with van der Waals surface area (Å²) in [5.41, 5.74) is 1.80. The molecule has 0 saturated carbocycles. The van der Waals surface area contributed by atoms with Crippen LogP contribution < -0.4 is 5.32 Å². The molecule has 1 aromatic carbocycles. The average molecular weight is 456 g/mol. The van der Waals surface area contributed by atoms with E-state index in [0.29, 0.717) is 22.6 Å². The molecule has 0 atom stereocenters. The van der Waals surface area contributed by atoms with Crippen LogP contribution in [-0.2, 0) is 21.2 Å². The number of aromatic nitrogens is 5. The molecule has 0 aliphatic heterocycles. The van der Waals surface area contributed by atoms with Crippen LogP contribution in [0, 0.1) is 5.82 Å². The fourth-order valence-electron chi connectivity index (χ4n) is 2.95. The smallest absolute Gasteiger partial charge is 0.240 e. The van der Waals surface area contributed by atoms with Crippen molar-refractivity contribution in [1.82, 2.24) is 24.9 Å². The maximum absolute atomic E-state index is 14.2. The maximum Gasteiger partial charge on any atom is 0.240 e. The first kappa shape index (κ1) is 21.3. The lowest BCUT2D eigenvalue weighted by Crippen LogP contribution is -2.22. The van der Waals surface area contributed by atoms with Gasteiger partial charge in [-0.25, -0.2) is 22.8 Å². The third-order valence-corrected chi connectivity index (χ3v) is 5.09. The fourth-order valence-corrected chi connectivity index (χ4v) is 3.50. The Hall–Kier alpha value is -3.93. The normalized spacial score (nSPS) is 11.4. The van der Waals surface area contributed by atoms with Gasteiger partial charge in [0.05, 0.1) is 12.2 Å². The Morgan fingerprint density at radius 3 is 2.72 bits per heavy atom. The first-order valence-corrected chi connectivity index (χ1v) is 11.4. The number of carbonyl (C=O) groups is 1. The molecule has 12 heteroatoms. The van der Waals surface area contributed by atoms with E-state index < -0.39 is 21.5 Å². The van der Waals surface area contributed by atoms with Crippen LogP contribution in [-0.4, -0.2) is 51.2 Å². The van der Waals surface area contributed by atoms with Crippen molar-refractivity contribution in [3.8, 4) is 22.9 Å². The molecule has 10 nitrogen and oxygen atoms in total. The Balaban J connectivity index is 1.67. The number of halogens is 1. The molecule has 0 radical (unpaired) electrons. The van der Waals surface area contributed by atoms with Gasteiger partial charge in [0.25, 0.3) is 0 Å². The Morgan fingerprint density at radius 1 is 1.19 bits per heavy atom. The molecule has 0 aliphatic carbocycles. The minimum atomic E-state index is -3.48. The Morgan fingerprint density at radius 2 is 2.00 bits per heavy atom. The number of benzene rings is 1. The van der Waals surface area contributed by atoms with Crippen molar-refractivity contribution in [1.29, 1.82) is 0 Å². The molecule has 0 spiro atoms. The number of sulfone groups is 1. The summed E-state index contributed by atoms with van der Waals surface area (Å²) in [6.45, 7) is 0.125. The summed E-state index contributed by atoms with van der Waals surface area (Å²) >= 11 is 0. The topological polar surface area (TPSA) is 133 Å². The van der Waals surface area contributed by atoms with Gasteiger partial charge in [-0.15, -0.1) is 0 Å². The highest BCUT2D eigenvalue weighted by atomic mass is 32.2. The molecule has 0 unspecified atom stereocenters. The first-order valence-electron chi connectivity index (χ1n) is 9.31. The standard InChI is InChI=1S/C20H17FN6O4S/c1-32(29,30)12-19(28)23-18-6-8-22-20(24-18)16-10-17(15-7-9-31-26-15)27(25-16)11-13-4-2-3-5-14(13)21/h2-10H,11-12H2,1H3,(H,22,23,24,28). The minimum absolute atomic E-state index is 0.121. The van der Waals surface area contributed by atoms with E-state index in [9.17, 15) is 17.6 Å². The summed E-state index contributed by atoms with van der Waals surface area (Å²) in [6.07, 6.45) is 3.78. The van der Waals surface area contributed by atoms with E-state index in [1.165, 1.54) is 24.6 Å². The molecule has 32 heavy (non-hydrogen) atoms. The predicted octanol–water partition coefficient (Wildman–Crippen LogP) is 2.17. The van der Waals surface area contributed by atoms with Crippen LogP contribution in [0.15, 0.2) is 59.4 Å². The third-order valence-electron chi connectivity index (χ3n) is 4.30. The van der Waals surface area contributed by atoms with Gasteiger partial charge >= 0.3 is 0 Å². The van der Waals surface area contributed by atoms with Gasteiger partial charge in [-0.05, 0) is 18.2 Å². The van der Waals surface area contributed by atoms with Crippen LogP contribution in [0.5, 0.6) is 0 Å². The highest BCUT2D eigenvalue weighted by Gasteiger charge is 2.18. The quantitative estimate of drug-likeness (QED) is 0.447. The van der Waals surface area contributed by atoms with Crippen LogP contribution in [0.2, 0.25) is 0 Å². The number of hydrogen-bond donors (Lipinski definition) is 1. The predicted molar refractivity (Wildman–Crippen MR) is 113 cm³/mol. The molecule has 0 aliphatic rings. The van der Waals surface area contributed by atoms with E-state index in [0.717, 1.165) is 6.26 Å². The zero-order valence-electron chi connectivity index (χ0n) is 16.8. The second-order valence-electron chi connectivity index (χ2n) is 6.93. The van der Waals surface area contributed by atoms with Gasteiger partial charge < -0.3 is 9.84 Å². The number of nitrogens with zero attached hydrogens (tertiary/aromatic N) is 5. The van der Waals surface area contributed by atoms with Gasteiger partial charge in [0.15, 0.2) is 15.7 Å². The van der Waals surface area contributed by atoms with Gasteiger partial charge in [0.2, 0.25) is 5.91 Å². The number of anilines is 1. The third kappa shape index (κ3) is 5.03. The number of carbonyl (C=O) groups excluding carboxylic acids is 1. The second kappa shape index (κ2) is 8.67. The lowest BCUT2D eigenvalue weighted by atomic mass is 10.2. The largest absolute Gasteiger partial charge is 0.364 e. The first-order chi connectivity index (χ1) is 15.3. The van der Waals surface area contributed by atoms with Crippen LogP contribution >= 0.6 is 0 Å². The molecule has 0 fully saturated rings. The Labute approximate surface area is 182 Å². The number of nitrogens with one attached hydrogen (secondary N) is 1. The van der Waals surface area contributed by atoms with Gasteiger partial charge in [-0.1, -0.05) is 23.4 Å². The van der Waals surface area contributed by atoms with Crippen LogP contribution in [0.3, 0.4) is 0 Å². The van der Waals surface area contributed by atoms with E-state index in [2.05, 4.69) is 25.5 Å². The van der Waals surface area contributed by atoms with E-state index >= 15 is 0 Å². The fraction of sp³-hybridized carbons (Fsp3) is 0.150. The van der Waals surface area contributed by atoms with Crippen LogP contribution in [0.4, 0.5) is 10.2 Å². The van der Waals surface area contributed by atoms with Crippen molar-refractivity contribution >= 4 is 21.6 Å². The average Bonchev–Trinajstić information content (AvgIpc) is 3.38. The Bertz CT molecular complexity index is 1370. The monoisotopic (exact) mass is 456 g/mol. The summed E-state index contributed by atoms with van der Waals surface area (Å²) < 4.78 is 43.3. The maximum atomic E-state index is 14.2. The lowest BCUT2D eigenvalue weighted by Gasteiger charge is -2.06. The highest BCUT2D eigenvalue weighted by Crippen LogP contribution is 2.25. The lowest BCUT2D eigenvalue weighted by molar-refractivity contribution is -0.113. The number of amides is 1. The van der Waals surface area contributed by atoms with E-state index in [1.54, 1.807) is 35.0 Å². The van der Waals surface area contributed by atoms with Crippen molar-refractivity contribution < 1.29 is 22.1 Å². The zero-order valence-corrected chi connectivity index (χ0v) is 17.6. The molecule has 0 saturated heterocycles. The van der Waals surface area contributed by atoms with Gasteiger partial charge in [-0.3, -0.25) is 9.48 Å². The van der Waals surface area contributed by atoms with E-state index in [-0.39, 0.29) is 24.0 Å². The molecule has 164 valence electrons. The summed E-state index contributed by atoms with van der Waals surface area (Å²) in [7, 11) is -3.48. The number of rotatable bonds is 7. The minimum Gasteiger partial charge on any atom is -0.364 e. The van der Waals surface area contributed by atoms with Crippen LogP contribution in [0.25, 0.3) is 22.9 Å². The van der Waals surface area contributed by atoms with E-state index in [4.69, 9.17) is 4.52 Å². The summed E-state index contributed by atoms with van der Waals surface area (Å²) in [5, 5.41) is 10.8. The molecule has 3 aromatic heterocycles. The van der Waals surface area contributed by atoms with Crippen molar-refractivity contribution in [3.05, 3.63) is 66.3 Å². The van der Waals surface area contributed by atoms with Crippen molar-refractivity contribution in [2.45, 2.75) is 6.54 Å². The van der Waals surface area contributed by atoms with Crippen molar-refractivity contribution in [2.75, 3.05) is 17.3 Å². The molecule has 0 bridgehead atoms. The van der Waals surface area contributed by atoms with Crippen molar-refractivity contribution in [2.24, 2.45) is 0 Å². The van der Waals surface area contributed by atoms with Gasteiger partial charge in [0.1, 0.15) is 35.0 Å². The molecular weight excluding hydrogens is 439 g/mol. The molecule has 4 rings (SSSR count). The molecule has 4 aromatic rings. The van der Waals surface area contributed by atoms with Crippen LogP contribution in [0.1, 0.15) is 5.56 Å². The molecule has 3 heterocycles. The molecular formula is C20H17FN6O4S. The van der Waals surface area contributed by atoms with Crippen molar-refractivity contribution in [3.63, 3.8) is 0 Å². The summed E-state index contributed by atoms with van der Waals surface area (Å²) in [4.78, 5) is 20.3. The molecule has 1 amide bonds. The van der Waals surface area contributed by atoms with E-state index in [1.807, 2.05) is 0 Å². The highest BCUT2D eigenvalue weighted by molar-refractivity contribution is 7.91. The van der Waals surface area contributed by atoms with Gasteiger partial charge in [-0.2, -0.15) is 5.10 Å². The SMILES string of the molecule is CS(=O)(=O)CC(=O)Nc1ccnc(-c2cc(-c3ccon3)n(Cc3ccccc3F)n2)n1. The summed E-state index contributed by atoms with van der Waals surface area (Å²) in [6, 6.07) is 11.1. The summed E-state index contributed by atoms with van der Waals surface area (Å²) in [5.74, 6) is -1.46. The number of hydrogen-bond acceptors (Lipinski definition) is 8. The van der Waals surface area contributed by atoms with Gasteiger partial charge in [0, 0.05) is 24.1 Å². The Kier molecular flexibility index (Phi) is 5.77.